The molecule has 0 saturated heterocycles. The summed E-state index contributed by atoms with van der Waals surface area (Å²) in [6.07, 6.45) is 33.1. The molecule has 0 heteroatoms. The fourth-order valence-electron chi connectivity index (χ4n) is 2.41. The topological polar surface area (TPSA) is 0 Å². The highest BCUT2D eigenvalue weighted by molar-refractivity contribution is 4.88. The van der Waals surface area contributed by atoms with Gasteiger partial charge in [0.2, 0.25) is 0 Å². The summed E-state index contributed by atoms with van der Waals surface area (Å²) in [6.45, 7) is 22.9. The van der Waals surface area contributed by atoms with Crippen molar-refractivity contribution in [3.8, 4) is 0 Å². The molecule has 0 aromatic heterocycles. The summed E-state index contributed by atoms with van der Waals surface area (Å²) < 4.78 is 0. The summed E-state index contributed by atoms with van der Waals surface area (Å²) in [5.74, 6) is 0. The Bertz CT molecular complexity index is 309. The highest BCUT2D eigenvalue weighted by Gasteiger charge is 1.86. The van der Waals surface area contributed by atoms with Gasteiger partial charge in [0.1, 0.15) is 0 Å². The number of unbranched alkanes of at least 4 members (excludes halogenated alkanes) is 12. The van der Waals surface area contributed by atoms with Crippen molar-refractivity contribution >= 4 is 0 Å². The standard InChI is InChI=1S/C9H20.C9H16.C8H16.C4H6/c2*1-3-5-7-9-8-6-4-2;1-3-5-7-8-6-4-2;1-3-4-2/h3-9H2,1-2H3;3,6,8H,1,4-5,7,9H2,2H3;3H,1,4-8H2,2H3;3-4H,1-2H2/b;8-6+;;. The van der Waals surface area contributed by atoms with Gasteiger partial charge in [0, 0.05) is 0 Å². The van der Waals surface area contributed by atoms with Gasteiger partial charge >= 0.3 is 0 Å². The van der Waals surface area contributed by atoms with Crippen molar-refractivity contribution in [3.63, 3.8) is 0 Å². The second-order valence-corrected chi connectivity index (χ2v) is 7.48. The second-order valence-electron chi connectivity index (χ2n) is 7.48. The van der Waals surface area contributed by atoms with E-state index in [0.29, 0.717) is 0 Å². The van der Waals surface area contributed by atoms with E-state index in [-0.39, 0.29) is 0 Å². The van der Waals surface area contributed by atoms with Gasteiger partial charge in [-0.3, -0.25) is 0 Å². The predicted molar refractivity (Wildman–Crippen MR) is 146 cm³/mol. The highest BCUT2D eigenvalue weighted by atomic mass is 13.9. The minimum Gasteiger partial charge on any atom is -0.103 e. The van der Waals surface area contributed by atoms with Gasteiger partial charge in [-0.05, 0) is 38.5 Å². The van der Waals surface area contributed by atoms with Gasteiger partial charge < -0.3 is 0 Å². The molecule has 0 aromatic rings. The van der Waals surface area contributed by atoms with E-state index < -0.39 is 0 Å². The normalized spacial score (nSPS) is 9.20. The Morgan fingerprint density at radius 1 is 0.433 bits per heavy atom. The molecule has 0 fully saturated rings. The molecule has 0 nitrogen and oxygen atoms in total. The molecule has 0 aliphatic carbocycles. The van der Waals surface area contributed by atoms with Crippen LogP contribution in [0.25, 0.3) is 0 Å². The Morgan fingerprint density at radius 3 is 1.20 bits per heavy atom. The van der Waals surface area contributed by atoms with E-state index in [1.165, 1.54) is 89.9 Å². The summed E-state index contributed by atoms with van der Waals surface area (Å²) in [7, 11) is 0. The van der Waals surface area contributed by atoms with Crippen LogP contribution in [-0.2, 0) is 0 Å². The van der Waals surface area contributed by atoms with E-state index in [9.17, 15) is 0 Å². The Labute approximate surface area is 193 Å². The first-order valence-corrected chi connectivity index (χ1v) is 12.8. The summed E-state index contributed by atoms with van der Waals surface area (Å²) >= 11 is 0. The molecule has 0 spiro atoms. The quantitative estimate of drug-likeness (QED) is 0.125. The van der Waals surface area contributed by atoms with Crippen LogP contribution < -0.4 is 0 Å². The Morgan fingerprint density at radius 2 is 0.833 bits per heavy atom. The van der Waals surface area contributed by atoms with Crippen LogP contribution in [0.5, 0.6) is 0 Å². The largest absolute Gasteiger partial charge is 0.103 e. The van der Waals surface area contributed by atoms with Crippen LogP contribution in [0.4, 0.5) is 0 Å². The lowest BCUT2D eigenvalue weighted by Crippen LogP contribution is -1.76. The zero-order chi connectivity index (χ0) is 23.6. The van der Waals surface area contributed by atoms with Crippen molar-refractivity contribution in [3.05, 3.63) is 62.8 Å². The number of rotatable bonds is 17. The SMILES string of the molecule is C=CC=C.C=CCCC/C=C/CC.C=CCCCCCC.CCCCCCCCC. The molecule has 0 aliphatic rings. The Balaban J connectivity index is -0.000000155. The van der Waals surface area contributed by atoms with Crippen molar-refractivity contribution in [1.29, 1.82) is 0 Å². The van der Waals surface area contributed by atoms with Gasteiger partial charge in [-0.15, -0.1) is 13.2 Å². The summed E-state index contributed by atoms with van der Waals surface area (Å²) in [5, 5.41) is 0. The van der Waals surface area contributed by atoms with Gasteiger partial charge in [0.15, 0.2) is 0 Å². The fraction of sp³-hybridized carbons (Fsp3) is 0.667. The molecule has 30 heavy (non-hydrogen) atoms. The molecule has 178 valence electrons. The zero-order valence-electron chi connectivity index (χ0n) is 21.6. The average Bonchev–Trinajstić information content (AvgIpc) is 2.78. The summed E-state index contributed by atoms with van der Waals surface area (Å²) in [4.78, 5) is 0. The van der Waals surface area contributed by atoms with Crippen molar-refractivity contribution in [2.24, 2.45) is 0 Å². The van der Waals surface area contributed by atoms with Crippen LogP contribution in [0.3, 0.4) is 0 Å². The van der Waals surface area contributed by atoms with Gasteiger partial charge in [0.25, 0.3) is 0 Å². The molecule has 0 atom stereocenters. The van der Waals surface area contributed by atoms with Crippen LogP contribution in [0.15, 0.2) is 62.8 Å². The highest BCUT2D eigenvalue weighted by Crippen LogP contribution is 2.05. The monoisotopic (exact) mass is 418 g/mol. The molecule has 0 radical (unpaired) electrons. The smallest absolute Gasteiger partial charge is 0.0348 e. The average molecular weight is 419 g/mol. The molecule has 0 aliphatic heterocycles. The third kappa shape index (κ3) is 63.2. The molecular weight excluding hydrogens is 360 g/mol. The number of hydrogen-bond acceptors (Lipinski definition) is 0. The van der Waals surface area contributed by atoms with Crippen LogP contribution in [-0.4, -0.2) is 0 Å². The van der Waals surface area contributed by atoms with E-state index in [1.54, 1.807) is 12.2 Å². The van der Waals surface area contributed by atoms with E-state index in [4.69, 9.17) is 0 Å². The number of allylic oxidation sites excluding steroid dienone is 6. The third-order valence-electron chi connectivity index (χ3n) is 4.32. The molecule has 0 unspecified atom stereocenters. The van der Waals surface area contributed by atoms with Gasteiger partial charge in [-0.2, -0.15) is 0 Å². The summed E-state index contributed by atoms with van der Waals surface area (Å²) in [5.41, 5.74) is 0. The Hall–Kier alpha value is -1.30. The molecular formula is C30H58. The Kier molecular flexibility index (Phi) is 55.4. The van der Waals surface area contributed by atoms with Crippen LogP contribution in [0.1, 0.15) is 130 Å². The molecule has 0 saturated carbocycles. The maximum atomic E-state index is 3.66. The lowest BCUT2D eigenvalue weighted by atomic mass is 10.1. The summed E-state index contributed by atoms with van der Waals surface area (Å²) in [6, 6.07) is 0. The van der Waals surface area contributed by atoms with Crippen LogP contribution >= 0.6 is 0 Å². The van der Waals surface area contributed by atoms with E-state index in [0.717, 1.165) is 12.8 Å². The van der Waals surface area contributed by atoms with E-state index in [1.807, 2.05) is 12.2 Å². The van der Waals surface area contributed by atoms with Crippen LogP contribution in [0.2, 0.25) is 0 Å². The lowest BCUT2D eigenvalue weighted by molar-refractivity contribution is 0.602. The first kappa shape index (κ1) is 36.1. The molecule has 0 heterocycles. The molecule has 0 amide bonds. The molecule has 0 bridgehead atoms. The van der Waals surface area contributed by atoms with Crippen molar-refractivity contribution in [2.45, 2.75) is 130 Å². The first-order chi connectivity index (χ1) is 14.7. The van der Waals surface area contributed by atoms with Crippen molar-refractivity contribution < 1.29 is 0 Å². The third-order valence-corrected chi connectivity index (χ3v) is 4.32. The number of hydrogen-bond donors (Lipinski definition) is 0. The first-order valence-electron chi connectivity index (χ1n) is 12.8. The second kappa shape index (κ2) is 46.1. The van der Waals surface area contributed by atoms with Crippen molar-refractivity contribution in [2.75, 3.05) is 0 Å². The van der Waals surface area contributed by atoms with Gasteiger partial charge in [0.05, 0.1) is 0 Å². The van der Waals surface area contributed by atoms with E-state index >= 15 is 0 Å². The predicted octanol–water partition coefficient (Wildman–Crippen LogP) is 11.6. The van der Waals surface area contributed by atoms with E-state index in [2.05, 4.69) is 66.2 Å². The lowest BCUT2D eigenvalue weighted by Gasteiger charge is -1.96. The minimum atomic E-state index is 1.15. The van der Waals surface area contributed by atoms with Gasteiger partial charge in [-0.1, -0.05) is 142 Å². The van der Waals surface area contributed by atoms with Gasteiger partial charge in [-0.25, -0.2) is 0 Å². The molecule has 0 rings (SSSR count). The molecule has 0 N–H and O–H groups in total. The fourth-order valence-corrected chi connectivity index (χ4v) is 2.41. The van der Waals surface area contributed by atoms with Crippen molar-refractivity contribution in [1.82, 2.24) is 0 Å². The maximum Gasteiger partial charge on any atom is -0.0348 e. The maximum absolute atomic E-state index is 3.66. The zero-order valence-corrected chi connectivity index (χ0v) is 21.6. The van der Waals surface area contributed by atoms with Crippen LogP contribution in [0, 0.1) is 0 Å². The minimum absolute atomic E-state index is 1.15. The molecule has 0 aromatic carbocycles.